The van der Waals surface area contributed by atoms with Crippen molar-refractivity contribution in [3.8, 4) is 0 Å². The Kier molecular flexibility index (Phi) is 6.60. The molecule has 0 amide bonds. The van der Waals surface area contributed by atoms with Gasteiger partial charge in [0.2, 0.25) is 0 Å². The summed E-state index contributed by atoms with van der Waals surface area (Å²) in [5.41, 5.74) is 0.884. The highest BCUT2D eigenvalue weighted by atomic mass is 19.1. The average Bonchev–Trinajstić information content (AvgIpc) is 2.38. The van der Waals surface area contributed by atoms with E-state index in [4.69, 9.17) is 4.74 Å². The third-order valence-corrected chi connectivity index (χ3v) is 2.72. The second-order valence-electron chi connectivity index (χ2n) is 3.99. The maximum Gasteiger partial charge on any atom is 0.141 e. The first-order chi connectivity index (χ1) is 8.72. The minimum atomic E-state index is -0.297. The van der Waals surface area contributed by atoms with Crippen LogP contribution in [0.2, 0.25) is 0 Å². The van der Waals surface area contributed by atoms with Crippen molar-refractivity contribution in [2.75, 3.05) is 38.3 Å². The van der Waals surface area contributed by atoms with Crippen molar-refractivity contribution in [2.45, 2.75) is 20.4 Å². The Balaban J connectivity index is 2.89. The molecule has 0 saturated carbocycles. The van der Waals surface area contributed by atoms with Crippen molar-refractivity contribution in [3.63, 3.8) is 0 Å². The normalized spacial score (nSPS) is 10.7. The van der Waals surface area contributed by atoms with Gasteiger partial charge in [-0.15, -0.1) is 0 Å². The van der Waals surface area contributed by atoms with E-state index in [0.29, 0.717) is 13.2 Å². The van der Waals surface area contributed by atoms with E-state index < -0.39 is 0 Å². The van der Waals surface area contributed by atoms with Gasteiger partial charge in [-0.05, 0) is 19.5 Å². The summed E-state index contributed by atoms with van der Waals surface area (Å²) in [6, 6.07) is 1.54. The molecular weight excluding hydrogens is 233 g/mol. The molecule has 0 bridgehead atoms. The Hall–Kier alpha value is -1.20. The van der Waals surface area contributed by atoms with Crippen molar-refractivity contribution < 1.29 is 9.13 Å². The zero-order chi connectivity index (χ0) is 13.4. The van der Waals surface area contributed by atoms with Gasteiger partial charge >= 0.3 is 0 Å². The van der Waals surface area contributed by atoms with E-state index in [1.165, 1.54) is 6.20 Å². The minimum Gasteiger partial charge on any atom is -0.383 e. The number of likely N-dealkylation sites (N-methyl/N-ethyl adjacent to an activating group) is 1. The number of hydrogen-bond donors (Lipinski definition) is 1. The molecule has 4 nitrogen and oxygen atoms in total. The second-order valence-corrected chi connectivity index (χ2v) is 3.99. The SMILES string of the molecule is CCNCc1cc(F)cnc1N(CC)CCOC. The molecule has 0 saturated heterocycles. The summed E-state index contributed by atoms with van der Waals surface area (Å²) in [4.78, 5) is 6.30. The Morgan fingerprint density at radius 2 is 2.22 bits per heavy atom. The second kappa shape index (κ2) is 8.00. The third kappa shape index (κ3) is 4.23. The first kappa shape index (κ1) is 14.9. The minimum absolute atomic E-state index is 0.297. The van der Waals surface area contributed by atoms with Crippen molar-refractivity contribution >= 4 is 5.82 Å². The molecule has 0 spiro atoms. The summed E-state index contributed by atoms with van der Waals surface area (Å²) in [6.07, 6.45) is 1.26. The van der Waals surface area contributed by atoms with Gasteiger partial charge in [0.05, 0.1) is 12.8 Å². The van der Waals surface area contributed by atoms with Crippen LogP contribution in [0.1, 0.15) is 19.4 Å². The number of anilines is 1. The molecule has 0 radical (unpaired) electrons. The summed E-state index contributed by atoms with van der Waals surface area (Å²) in [5.74, 6) is 0.534. The summed E-state index contributed by atoms with van der Waals surface area (Å²) >= 11 is 0. The van der Waals surface area contributed by atoms with E-state index in [9.17, 15) is 4.39 Å². The van der Waals surface area contributed by atoms with Gasteiger partial charge in [0.15, 0.2) is 0 Å². The van der Waals surface area contributed by atoms with Crippen LogP contribution >= 0.6 is 0 Å². The summed E-state index contributed by atoms with van der Waals surface area (Å²) in [6.45, 7) is 7.76. The van der Waals surface area contributed by atoms with Crippen LogP contribution in [0.25, 0.3) is 0 Å². The lowest BCUT2D eigenvalue weighted by Crippen LogP contribution is -2.29. The van der Waals surface area contributed by atoms with E-state index >= 15 is 0 Å². The molecule has 0 aliphatic carbocycles. The molecule has 0 atom stereocenters. The van der Waals surface area contributed by atoms with Gasteiger partial charge in [-0.25, -0.2) is 9.37 Å². The highest BCUT2D eigenvalue weighted by Gasteiger charge is 2.12. The molecule has 102 valence electrons. The molecule has 0 fully saturated rings. The molecule has 1 aromatic heterocycles. The number of halogens is 1. The van der Waals surface area contributed by atoms with E-state index in [-0.39, 0.29) is 5.82 Å². The topological polar surface area (TPSA) is 37.4 Å². The number of methoxy groups -OCH3 is 1. The van der Waals surface area contributed by atoms with Crippen molar-refractivity contribution in [1.29, 1.82) is 0 Å². The lowest BCUT2D eigenvalue weighted by atomic mass is 10.2. The largest absolute Gasteiger partial charge is 0.383 e. The van der Waals surface area contributed by atoms with Gasteiger partial charge in [0, 0.05) is 32.3 Å². The Labute approximate surface area is 108 Å². The maximum absolute atomic E-state index is 13.3. The van der Waals surface area contributed by atoms with Crippen molar-refractivity contribution in [1.82, 2.24) is 10.3 Å². The van der Waals surface area contributed by atoms with Gasteiger partial charge in [-0.3, -0.25) is 0 Å². The number of rotatable bonds is 8. The lowest BCUT2D eigenvalue weighted by molar-refractivity contribution is 0.205. The molecule has 1 N–H and O–H groups in total. The van der Waals surface area contributed by atoms with Crippen LogP contribution in [0.15, 0.2) is 12.3 Å². The predicted octanol–water partition coefficient (Wildman–Crippen LogP) is 1.80. The molecule has 0 aromatic carbocycles. The Bertz CT molecular complexity index is 360. The van der Waals surface area contributed by atoms with E-state index in [2.05, 4.69) is 22.1 Å². The van der Waals surface area contributed by atoms with E-state index in [0.717, 1.165) is 31.0 Å². The van der Waals surface area contributed by atoms with Crippen LogP contribution in [0.4, 0.5) is 10.2 Å². The van der Waals surface area contributed by atoms with Crippen LogP contribution in [0.3, 0.4) is 0 Å². The highest BCUT2D eigenvalue weighted by Crippen LogP contribution is 2.18. The molecule has 0 aliphatic heterocycles. The molecular formula is C13H22FN3O. The fourth-order valence-corrected chi connectivity index (χ4v) is 1.76. The Morgan fingerprint density at radius 1 is 1.44 bits per heavy atom. The van der Waals surface area contributed by atoms with Gasteiger partial charge in [0.1, 0.15) is 11.6 Å². The molecule has 0 unspecified atom stereocenters. The van der Waals surface area contributed by atoms with Crippen LogP contribution in [0.5, 0.6) is 0 Å². The number of nitrogens with one attached hydrogen (secondary N) is 1. The zero-order valence-electron chi connectivity index (χ0n) is 11.4. The lowest BCUT2D eigenvalue weighted by Gasteiger charge is -2.24. The first-order valence-electron chi connectivity index (χ1n) is 6.31. The van der Waals surface area contributed by atoms with Crippen LogP contribution in [0, 0.1) is 5.82 Å². The standard InChI is InChI=1S/C13H22FN3O/c1-4-15-9-11-8-12(14)10-16-13(11)17(5-2)6-7-18-3/h8,10,15H,4-7,9H2,1-3H3. The van der Waals surface area contributed by atoms with E-state index in [1.807, 2.05) is 6.92 Å². The number of aromatic nitrogens is 1. The molecule has 1 aromatic rings. The van der Waals surface area contributed by atoms with Gasteiger partial charge in [-0.2, -0.15) is 0 Å². The Morgan fingerprint density at radius 3 is 2.83 bits per heavy atom. The fraction of sp³-hybridized carbons (Fsp3) is 0.615. The molecule has 1 heterocycles. The van der Waals surface area contributed by atoms with Gasteiger partial charge in [0.25, 0.3) is 0 Å². The fourth-order valence-electron chi connectivity index (χ4n) is 1.76. The molecule has 18 heavy (non-hydrogen) atoms. The van der Waals surface area contributed by atoms with Crippen LogP contribution < -0.4 is 10.2 Å². The van der Waals surface area contributed by atoms with Crippen molar-refractivity contribution in [3.05, 3.63) is 23.6 Å². The maximum atomic E-state index is 13.3. The van der Waals surface area contributed by atoms with Gasteiger partial charge in [-0.1, -0.05) is 6.92 Å². The third-order valence-electron chi connectivity index (χ3n) is 2.72. The molecule has 5 heteroatoms. The predicted molar refractivity (Wildman–Crippen MR) is 71.3 cm³/mol. The van der Waals surface area contributed by atoms with Crippen LogP contribution in [-0.2, 0) is 11.3 Å². The number of nitrogens with zero attached hydrogens (tertiary/aromatic N) is 2. The number of hydrogen-bond acceptors (Lipinski definition) is 4. The smallest absolute Gasteiger partial charge is 0.141 e. The summed E-state index contributed by atoms with van der Waals surface area (Å²) in [5, 5.41) is 3.20. The number of ether oxygens (including phenoxy) is 1. The molecule has 0 aliphatic rings. The average molecular weight is 255 g/mol. The highest BCUT2D eigenvalue weighted by molar-refractivity contribution is 5.46. The van der Waals surface area contributed by atoms with Gasteiger partial charge < -0.3 is 15.0 Å². The van der Waals surface area contributed by atoms with Crippen LogP contribution in [-0.4, -0.2) is 38.3 Å². The zero-order valence-corrected chi connectivity index (χ0v) is 11.4. The summed E-state index contributed by atoms with van der Waals surface area (Å²) in [7, 11) is 1.67. The van der Waals surface area contributed by atoms with Crippen molar-refractivity contribution in [2.24, 2.45) is 0 Å². The number of pyridine rings is 1. The first-order valence-corrected chi connectivity index (χ1v) is 6.31. The quantitative estimate of drug-likeness (QED) is 0.768. The molecule has 1 rings (SSSR count). The summed E-state index contributed by atoms with van der Waals surface area (Å²) < 4.78 is 18.3. The monoisotopic (exact) mass is 255 g/mol. The van der Waals surface area contributed by atoms with E-state index in [1.54, 1.807) is 13.2 Å².